The highest BCUT2D eigenvalue weighted by molar-refractivity contribution is 6.30. The molecule has 2 aromatic carbocycles. The number of likely N-dealkylation sites (tertiary alicyclic amines) is 1. The Kier molecular flexibility index (Phi) is 6.26. The van der Waals surface area contributed by atoms with Gasteiger partial charge in [0, 0.05) is 11.6 Å². The lowest BCUT2D eigenvalue weighted by Gasteiger charge is -2.40. The highest BCUT2D eigenvalue weighted by Gasteiger charge is 2.40. The molecule has 1 heterocycles. The first kappa shape index (κ1) is 20.4. The topological polar surface area (TPSA) is 32.3 Å². The fourth-order valence-corrected chi connectivity index (χ4v) is 5.18. The van der Waals surface area contributed by atoms with Gasteiger partial charge in [-0.25, -0.2) is 0 Å². The van der Waals surface area contributed by atoms with Crippen LogP contribution in [0.3, 0.4) is 0 Å². The van der Waals surface area contributed by atoms with Crippen molar-refractivity contribution in [2.24, 2.45) is 0 Å². The monoisotopic (exact) mass is 410 g/mol. The summed E-state index contributed by atoms with van der Waals surface area (Å²) < 4.78 is 0. The molecule has 1 fully saturated rings. The van der Waals surface area contributed by atoms with Crippen molar-refractivity contribution in [1.29, 1.82) is 0 Å². The number of amides is 1. The summed E-state index contributed by atoms with van der Waals surface area (Å²) in [5, 5.41) is 3.80. The normalized spacial score (nSPS) is 19.1. The van der Waals surface area contributed by atoms with Gasteiger partial charge in [0.05, 0.1) is 5.92 Å². The average Bonchev–Trinajstić information content (AvgIpc) is 3.11. The van der Waals surface area contributed by atoms with Crippen LogP contribution in [0.1, 0.15) is 55.2 Å². The van der Waals surface area contributed by atoms with Crippen LogP contribution in [0.5, 0.6) is 0 Å². The molecule has 2 aromatic rings. The number of carbonyl (C=O) groups is 1. The Morgan fingerprint density at radius 3 is 2.59 bits per heavy atom. The molecule has 0 radical (unpaired) electrons. The van der Waals surface area contributed by atoms with Gasteiger partial charge in [0.25, 0.3) is 0 Å². The molecule has 0 saturated carbocycles. The largest absolute Gasteiger partial charge is 0.356 e. The van der Waals surface area contributed by atoms with Crippen molar-refractivity contribution in [2.45, 2.75) is 50.4 Å². The molecule has 1 atom stereocenters. The second kappa shape index (κ2) is 8.89. The van der Waals surface area contributed by atoms with Crippen molar-refractivity contribution in [3.05, 3.63) is 70.2 Å². The van der Waals surface area contributed by atoms with Crippen LogP contribution >= 0.6 is 11.6 Å². The van der Waals surface area contributed by atoms with Crippen LogP contribution in [0.25, 0.3) is 0 Å². The zero-order valence-electron chi connectivity index (χ0n) is 17.3. The van der Waals surface area contributed by atoms with Crippen molar-refractivity contribution in [2.75, 3.05) is 26.2 Å². The first-order chi connectivity index (χ1) is 14.1. The van der Waals surface area contributed by atoms with E-state index in [9.17, 15) is 4.79 Å². The minimum Gasteiger partial charge on any atom is -0.356 e. The molecule has 3 nitrogen and oxygen atoms in total. The number of carbonyl (C=O) groups excluding carboxylic acids is 1. The van der Waals surface area contributed by atoms with Crippen molar-refractivity contribution >= 4 is 17.5 Å². The zero-order valence-corrected chi connectivity index (χ0v) is 18.0. The van der Waals surface area contributed by atoms with Crippen LogP contribution in [0.4, 0.5) is 0 Å². The summed E-state index contributed by atoms with van der Waals surface area (Å²) >= 11 is 5.93. The fraction of sp³-hybridized carbons (Fsp3) is 0.480. The standard InChI is InChI=1S/C25H31ClN2O/c1-19(20-7-9-22(26)10-8-20)24(29)27-15-4-16-28-17-13-25(14-18-28)12-11-21-5-2-3-6-23(21)25/h2-3,5-10,19H,4,11-18H2,1H3,(H,27,29). The van der Waals surface area contributed by atoms with Gasteiger partial charge in [-0.3, -0.25) is 4.79 Å². The Bertz CT molecular complexity index is 840. The summed E-state index contributed by atoms with van der Waals surface area (Å²) in [5.74, 6) is -0.0583. The molecule has 1 unspecified atom stereocenters. The van der Waals surface area contributed by atoms with Crippen molar-refractivity contribution < 1.29 is 4.79 Å². The summed E-state index contributed by atoms with van der Waals surface area (Å²) in [4.78, 5) is 15.0. The Labute approximate surface area is 179 Å². The lowest BCUT2D eigenvalue weighted by Crippen LogP contribution is -2.42. The third-order valence-corrected chi connectivity index (χ3v) is 7.24. The van der Waals surface area contributed by atoms with Gasteiger partial charge < -0.3 is 10.2 Å². The molecule has 0 aromatic heterocycles. The Morgan fingerprint density at radius 2 is 1.83 bits per heavy atom. The summed E-state index contributed by atoms with van der Waals surface area (Å²) in [6, 6.07) is 16.6. The molecule has 1 aliphatic carbocycles. The Balaban J connectivity index is 1.19. The maximum Gasteiger partial charge on any atom is 0.227 e. The fourth-order valence-electron chi connectivity index (χ4n) is 5.06. The van der Waals surface area contributed by atoms with E-state index in [4.69, 9.17) is 11.6 Å². The van der Waals surface area contributed by atoms with Crippen LogP contribution in [0.2, 0.25) is 5.02 Å². The van der Waals surface area contributed by atoms with Gasteiger partial charge in [-0.15, -0.1) is 0 Å². The van der Waals surface area contributed by atoms with Crippen molar-refractivity contribution in [3.8, 4) is 0 Å². The first-order valence-electron chi connectivity index (χ1n) is 10.9. The Hall–Kier alpha value is -1.84. The molecule has 29 heavy (non-hydrogen) atoms. The van der Waals surface area contributed by atoms with E-state index in [2.05, 4.69) is 34.5 Å². The van der Waals surface area contributed by atoms with Gasteiger partial charge in [-0.1, -0.05) is 48.0 Å². The third-order valence-electron chi connectivity index (χ3n) is 6.99. The van der Waals surface area contributed by atoms with Crippen molar-refractivity contribution in [3.63, 3.8) is 0 Å². The molecule has 1 aliphatic heterocycles. The number of nitrogens with one attached hydrogen (secondary N) is 1. The molecule has 1 N–H and O–H groups in total. The van der Waals surface area contributed by atoms with Gasteiger partial charge in [0.15, 0.2) is 0 Å². The summed E-state index contributed by atoms with van der Waals surface area (Å²) in [5.41, 5.74) is 4.61. The molecule has 4 rings (SSSR count). The molecule has 2 aliphatic rings. The highest BCUT2D eigenvalue weighted by atomic mass is 35.5. The summed E-state index contributed by atoms with van der Waals surface area (Å²) in [6.07, 6.45) is 6.10. The molecule has 0 bridgehead atoms. The van der Waals surface area contributed by atoms with E-state index in [0.29, 0.717) is 10.4 Å². The van der Waals surface area contributed by atoms with Crippen LogP contribution in [0.15, 0.2) is 48.5 Å². The number of nitrogens with zero attached hydrogens (tertiary/aromatic N) is 1. The maximum absolute atomic E-state index is 12.4. The van der Waals surface area contributed by atoms with E-state index in [1.54, 1.807) is 11.1 Å². The molecular weight excluding hydrogens is 380 g/mol. The van der Waals surface area contributed by atoms with Crippen LogP contribution in [0, 0.1) is 0 Å². The summed E-state index contributed by atoms with van der Waals surface area (Å²) in [7, 11) is 0. The molecule has 1 amide bonds. The molecule has 4 heteroatoms. The molecular formula is C25H31ClN2O. The lowest BCUT2D eigenvalue weighted by molar-refractivity contribution is -0.122. The quantitative estimate of drug-likeness (QED) is 0.685. The minimum atomic E-state index is -0.149. The SMILES string of the molecule is CC(C(=O)NCCCN1CCC2(CCc3ccccc32)CC1)c1ccc(Cl)cc1. The van der Waals surface area contributed by atoms with Crippen LogP contribution < -0.4 is 5.32 Å². The van der Waals surface area contributed by atoms with E-state index in [-0.39, 0.29) is 11.8 Å². The Morgan fingerprint density at radius 1 is 1.10 bits per heavy atom. The van der Waals surface area contributed by atoms with E-state index >= 15 is 0 Å². The zero-order chi connectivity index (χ0) is 20.3. The highest BCUT2D eigenvalue weighted by Crippen LogP contribution is 2.46. The second-order valence-corrected chi connectivity index (χ2v) is 9.13. The van der Waals surface area contributed by atoms with E-state index < -0.39 is 0 Å². The number of halogens is 1. The van der Waals surface area contributed by atoms with Gasteiger partial charge in [-0.2, -0.15) is 0 Å². The first-order valence-corrected chi connectivity index (χ1v) is 11.3. The average molecular weight is 411 g/mol. The van der Waals surface area contributed by atoms with Crippen molar-refractivity contribution in [1.82, 2.24) is 10.2 Å². The van der Waals surface area contributed by atoms with Gasteiger partial charge in [0.2, 0.25) is 5.91 Å². The van der Waals surface area contributed by atoms with Gasteiger partial charge in [-0.05, 0) is 92.9 Å². The second-order valence-electron chi connectivity index (χ2n) is 8.70. The summed E-state index contributed by atoms with van der Waals surface area (Å²) in [6.45, 7) is 6.09. The lowest BCUT2D eigenvalue weighted by atomic mass is 9.74. The van der Waals surface area contributed by atoms with Crippen LogP contribution in [-0.2, 0) is 16.6 Å². The van der Waals surface area contributed by atoms with E-state index in [1.807, 2.05) is 31.2 Å². The number of benzene rings is 2. The van der Waals surface area contributed by atoms with E-state index in [0.717, 1.165) is 25.1 Å². The number of rotatable bonds is 6. The predicted octanol–water partition coefficient (Wildman–Crippen LogP) is 4.93. The maximum atomic E-state index is 12.4. The molecule has 1 saturated heterocycles. The number of aryl methyl sites for hydroxylation is 1. The predicted molar refractivity (Wildman–Crippen MR) is 120 cm³/mol. The smallest absolute Gasteiger partial charge is 0.227 e. The molecule has 154 valence electrons. The van der Waals surface area contributed by atoms with E-state index in [1.165, 1.54) is 38.8 Å². The molecule has 1 spiro atoms. The van der Waals surface area contributed by atoms with Gasteiger partial charge >= 0.3 is 0 Å². The van der Waals surface area contributed by atoms with Gasteiger partial charge in [0.1, 0.15) is 0 Å². The number of hydrogen-bond acceptors (Lipinski definition) is 2. The third kappa shape index (κ3) is 4.51. The number of fused-ring (bicyclic) bond motifs is 2. The number of piperidine rings is 1. The minimum absolute atomic E-state index is 0.0903. The van der Waals surface area contributed by atoms with Crippen LogP contribution in [-0.4, -0.2) is 37.0 Å². The number of hydrogen-bond donors (Lipinski definition) is 1.